The maximum atomic E-state index is 13.5. The molecule has 32 heavy (non-hydrogen) atoms. The van der Waals surface area contributed by atoms with E-state index in [2.05, 4.69) is 23.9 Å². The van der Waals surface area contributed by atoms with Crippen molar-refractivity contribution in [1.29, 1.82) is 0 Å². The van der Waals surface area contributed by atoms with Crippen molar-refractivity contribution < 1.29 is 9.59 Å². The Morgan fingerprint density at radius 2 is 1.94 bits per heavy atom. The second-order valence-corrected chi connectivity index (χ2v) is 9.82. The van der Waals surface area contributed by atoms with Gasteiger partial charge in [-0.25, -0.2) is 5.01 Å². The van der Waals surface area contributed by atoms with E-state index in [1.165, 1.54) is 6.42 Å². The molecule has 7 heteroatoms. The quantitative estimate of drug-likeness (QED) is 0.640. The van der Waals surface area contributed by atoms with Crippen LogP contribution in [0, 0.1) is 0 Å². The highest BCUT2D eigenvalue weighted by atomic mass is 35.5. The molecule has 4 rings (SSSR count). The van der Waals surface area contributed by atoms with Crippen LogP contribution < -0.4 is 0 Å². The summed E-state index contributed by atoms with van der Waals surface area (Å²) in [6.07, 6.45) is 8.50. The molecule has 0 aromatic heterocycles. The fraction of sp³-hybridized carbons (Fsp3) is 0.600. The van der Waals surface area contributed by atoms with E-state index in [9.17, 15) is 9.59 Å². The SMILES string of the molecule is CCCCC1CN(CC(=O)N2CCCC[C@@H]2C)C(=O)C2=CC(c3ccc(Cl)cc3)N(C)N21. The third kappa shape index (κ3) is 4.53. The molecule has 0 N–H and O–H groups in total. The van der Waals surface area contributed by atoms with Crippen molar-refractivity contribution in [3.8, 4) is 0 Å². The van der Waals surface area contributed by atoms with Crippen molar-refractivity contribution in [2.75, 3.05) is 26.7 Å². The molecule has 174 valence electrons. The molecule has 2 fully saturated rings. The molecule has 1 aromatic rings. The van der Waals surface area contributed by atoms with E-state index in [0.29, 0.717) is 17.3 Å². The van der Waals surface area contributed by atoms with Gasteiger partial charge in [-0.15, -0.1) is 0 Å². The number of fused-ring (bicyclic) bond motifs is 1. The minimum atomic E-state index is -0.0425. The lowest BCUT2D eigenvalue weighted by molar-refractivity contribution is -0.148. The number of benzene rings is 1. The number of hydrogen-bond donors (Lipinski definition) is 0. The Morgan fingerprint density at radius 3 is 2.62 bits per heavy atom. The first-order valence-electron chi connectivity index (χ1n) is 12.0. The number of carbonyl (C=O) groups excluding carboxylic acids is 2. The molecule has 3 heterocycles. The van der Waals surface area contributed by atoms with Crippen LogP contribution in [0.15, 0.2) is 36.0 Å². The Hall–Kier alpha value is -2.05. The summed E-state index contributed by atoms with van der Waals surface area (Å²) in [5, 5.41) is 5.04. The molecular formula is C25H35ClN4O2. The average Bonchev–Trinajstić information content (AvgIpc) is 3.13. The van der Waals surface area contributed by atoms with Crippen molar-refractivity contribution in [3.05, 3.63) is 46.6 Å². The summed E-state index contributed by atoms with van der Waals surface area (Å²) in [6, 6.07) is 8.23. The normalized spacial score (nSPS) is 26.4. The van der Waals surface area contributed by atoms with E-state index in [4.69, 9.17) is 11.6 Å². The summed E-state index contributed by atoms with van der Waals surface area (Å²) in [6.45, 7) is 5.87. The minimum Gasteiger partial charge on any atom is -0.338 e. The Bertz CT molecular complexity index is 871. The molecule has 2 saturated heterocycles. The summed E-state index contributed by atoms with van der Waals surface area (Å²) in [4.78, 5) is 30.3. The molecule has 1 aromatic carbocycles. The first kappa shape index (κ1) is 23.1. The number of hydrogen-bond acceptors (Lipinski definition) is 4. The van der Waals surface area contributed by atoms with Crippen LogP contribution in [0.25, 0.3) is 0 Å². The summed E-state index contributed by atoms with van der Waals surface area (Å²) in [7, 11) is 2.05. The highest BCUT2D eigenvalue weighted by molar-refractivity contribution is 6.30. The van der Waals surface area contributed by atoms with Gasteiger partial charge in [0.25, 0.3) is 5.91 Å². The lowest BCUT2D eigenvalue weighted by Gasteiger charge is -2.45. The van der Waals surface area contributed by atoms with E-state index in [1.807, 2.05) is 42.3 Å². The number of unbranched alkanes of at least 4 members (excludes halogenated alkanes) is 1. The molecule has 3 aliphatic heterocycles. The van der Waals surface area contributed by atoms with Crippen LogP contribution in [0.2, 0.25) is 5.02 Å². The van der Waals surface area contributed by atoms with Gasteiger partial charge in [0, 0.05) is 31.2 Å². The van der Waals surface area contributed by atoms with Crippen molar-refractivity contribution >= 4 is 23.4 Å². The molecule has 6 nitrogen and oxygen atoms in total. The Kier molecular flexibility index (Phi) is 7.11. The molecule has 3 aliphatic rings. The molecule has 0 saturated carbocycles. The van der Waals surface area contributed by atoms with Gasteiger partial charge in [-0.05, 0) is 56.4 Å². The largest absolute Gasteiger partial charge is 0.338 e. The van der Waals surface area contributed by atoms with Gasteiger partial charge in [0.15, 0.2) is 0 Å². The lowest BCUT2D eigenvalue weighted by Crippen LogP contribution is -2.59. The van der Waals surface area contributed by atoms with Gasteiger partial charge in [0.05, 0.1) is 12.1 Å². The maximum absolute atomic E-state index is 13.5. The molecule has 2 amide bonds. The first-order chi connectivity index (χ1) is 15.4. The molecule has 2 unspecified atom stereocenters. The van der Waals surface area contributed by atoms with E-state index in [-0.39, 0.29) is 36.5 Å². The van der Waals surface area contributed by atoms with E-state index < -0.39 is 0 Å². The van der Waals surface area contributed by atoms with Crippen LogP contribution in [0.4, 0.5) is 0 Å². The molecular weight excluding hydrogens is 424 g/mol. The van der Waals surface area contributed by atoms with Gasteiger partial charge in [0.2, 0.25) is 5.91 Å². The van der Waals surface area contributed by atoms with Crippen LogP contribution in [-0.4, -0.2) is 70.4 Å². The highest BCUT2D eigenvalue weighted by Crippen LogP contribution is 2.38. The second-order valence-electron chi connectivity index (χ2n) is 9.38. The van der Waals surface area contributed by atoms with E-state index in [0.717, 1.165) is 44.2 Å². The van der Waals surface area contributed by atoms with Crippen molar-refractivity contribution in [2.24, 2.45) is 0 Å². The standard InChI is InChI=1S/C25H35ClN4O2/c1-4-5-9-21-16-28(17-24(31)29-14-7-6-8-18(29)2)25(32)23-15-22(27(3)30(21)23)19-10-12-20(26)13-11-19/h10-13,15,18,21-22H,4-9,14,16-17H2,1-3H3/t18-,21?,22?/m0/s1. The zero-order valence-electron chi connectivity index (χ0n) is 19.5. The summed E-state index contributed by atoms with van der Waals surface area (Å²) >= 11 is 6.09. The molecule has 0 radical (unpaired) electrons. The number of piperazine rings is 1. The molecule has 0 bridgehead atoms. The smallest absolute Gasteiger partial charge is 0.271 e. The number of piperidine rings is 1. The number of hydrazine groups is 1. The van der Waals surface area contributed by atoms with Crippen molar-refractivity contribution in [3.63, 3.8) is 0 Å². The van der Waals surface area contributed by atoms with Crippen molar-refractivity contribution in [1.82, 2.24) is 19.8 Å². The predicted molar refractivity (Wildman–Crippen MR) is 127 cm³/mol. The monoisotopic (exact) mass is 458 g/mol. The third-order valence-corrected chi connectivity index (χ3v) is 7.39. The number of amides is 2. The Balaban J connectivity index is 1.57. The fourth-order valence-electron chi connectivity index (χ4n) is 5.32. The first-order valence-corrected chi connectivity index (χ1v) is 12.4. The number of rotatable bonds is 6. The van der Waals surface area contributed by atoms with Gasteiger partial charge >= 0.3 is 0 Å². The topological polar surface area (TPSA) is 47.1 Å². The maximum Gasteiger partial charge on any atom is 0.271 e. The molecule has 0 spiro atoms. The number of halogens is 1. The second kappa shape index (κ2) is 9.84. The average molecular weight is 459 g/mol. The number of nitrogens with zero attached hydrogens (tertiary/aromatic N) is 4. The fourth-order valence-corrected chi connectivity index (χ4v) is 5.45. The van der Waals surface area contributed by atoms with E-state index >= 15 is 0 Å². The number of carbonyl (C=O) groups is 2. The van der Waals surface area contributed by atoms with Crippen LogP contribution in [0.5, 0.6) is 0 Å². The Morgan fingerprint density at radius 1 is 1.19 bits per heavy atom. The van der Waals surface area contributed by atoms with Gasteiger partial charge in [-0.3, -0.25) is 14.6 Å². The summed E-state index contributed by atoms with van der Waals surface area (Å²) < 4.78 is 0. The lowest BCUT2D eigenvalue weighted by atomic mass is 10.0. The molecule has 0 aliphatic carbocycles. The van der Waals surface area contributed by atoms with Crippen molar-refractivity contribution in [2.45, 2.75) is 70.5 Å². The van der Waals surface area contributed by atoms with E-state index in [1.54, 1.807) is 4.90 Å². The third-order valence-electron chi connectivity index (χ3n) is 7.14. The van der Waals surface area contributed by atoms with Gasteiger partial charge in [0.1, 0.15) is 12.2 Å². The van der Waals surface area contributed by atoms with Crippen LogP contribution in [0.3, 0.4) is 0 Å². The van der Waals surface area contributed by atoms with Gasteiger partial charge in [-0.2, -0.15) is 0 Å². The number of likely N-dealkylation sites (N-methyl/N-ethyl adjacent to an activating group) is 1. The summed E-state index contributed by atoms with van der Waals surface area (Å²) in [5.41, 5.74) is 1.80. The zero-order valence-corrected chi connectivity index (χ0v) is 20.2. The minimum absolute atomic E-state index is 0.0203. The van der Waals surface area contributed by atoms with Crippen LogP contribution >= 0.6 is 11.6 Å². The van der Waals surface area contributed by atoms with Crippen LogP contribution in [0.1, 0.15) is 64.0 Å². The number of likely N-dealkylation sites (tertiary alicyclic amines) is 1. The van der Waals surface area contributed by atoms with Crippen LogP contribution in [-0.2, 0) is 9.59 Å². The highest BCUT2D eigenvalue weighted by Gasteiger charge is 2.44. The summed E-state index contributed by atoms with van der Waals surface area (Å²) in [5.74, 6) is 0.0357. The Labute approximate surface area is 196 Å². The predicted octanol–water partition coefficient (Wildman–Crippen LogP) is 4.23. The van der Waals surface area contributed by atoms with Gasteiger partial charge < -0.3 is 9.80 Å². The zero-order chi connectivity index (χ0) is 22.8. The van der Waals surface area contributed by atoms with Gasteiger partial charge in [-0.1, -0.05) is 43.5 Å². The molecule has 3 atom stereocenters.